The number of halogens is 1. The molecule has 0 aliphatic rings. The topological polar surface area (TPSA) is 97.6 Å². The van der Waals surface area contributed by atoms with Gasteiger partial charge in [-0.05, 0) is 30.4 Å². The molecule has 10 heteroatoms. The molecule has 130 valence electrons. The van der Waals surface area contributed by atoms with Crippen LogP contribution in [0, 0.1) is 4.77 Å². The Bertz CT molecular complexity index is 1050. The molecular formula is C15H15BrN6O2S. The molecule has 3 rings (SSSR count). The zero-order valence-electron chi connectivity index (χ0n) is 13.3. The summed E-state index contributed by atoms with van der Waals surface area (Å²) in [5.41, 5.74) is 0.339. The maximum absolute atomic E-state index is 12.5. The summed E-state index contributed by atoms with van der Waals surface area (Å²) in [6, 6.07) is 5.26. The Morgan fingerprint density at radius 2 is 2.24 bits per heavy atom. The SMILES string of the molecule is Cn1c(CCNC(=O)Cn2cnc3ccc(Br)cc3c2=O)n[nH]c1=S. The van der Waals surface area contributed by atoms with Crippen molar-refractivity contribution >= 4 is 45.0 Å². The highest BCUT2D eigenvalue weighted by Crippen LogP contribution is 2.14. The second-order valence-corrected chi connectivity index (χ2v) is 6.75. The van der Waals surface area contributed by atoms with Gasteiger partial charge in [-0.2, -0.15) is 5.10 Å². The van der Waals surface area contributed by atoms with Gasteiger partial charge in [-0.3, -0.25) is 19.3 Å². The van der Waals surface area contributed by atoms with E-state index >= 15 is 0 Å². The summed E-state index contributed by atoms with van der Waals surface area (Å²) in [5, 5.41) is 10.00. The highest BCUT2D eigenvalue weighted by Gasteiger charge is 2.09. The Labute approximate surface area is 156 Å². The molecule has 0 bridgehead atoms. The number of aromatic nitrogens is 5. The van der Waals surface area contributed by atoms with Crippen LogP contribution in [0.3, 0.4) is 0 Å². The molecule has 0 saturated carbocycles. The predicted octanol–water partition coefficient (Wildman–Crippen LogP) is 1.31. The Morgan fingerprint density at radius 3 is 2.96 bits per heavy atom. The lowest BCUT2D eigenvalue weighted by atomic mass is 10.2. The third kappa shape index (κ3) is 3.85. The summed E-state index contributed by atoms with van der Waals surface area (Å²) in [7, 11) is 1.81. The number of benzene rings is 1. The number of nitrogens with one attached hydrogen (secondary N) is 2. The molecule has 0 atom stereocenters. The smallest absolute Gasteiger partial charge is 0.261 e. The minimum Gasteiger partial charge on any atom is -0.354 e. The minimum absolute atomic E-state index is 0.0900. The number of hydrogen-bond acceptors (Lipinski definition) is 5. The number of carbonyl (C=O) groups is 1. The fourth-order valence-corrected chi connectivity index (χ4v) is 2.88. The zero-order valence-corrected chi connectivity index (χ0v) is 15.7. The van der Waals surface area contributed by atoms with E-state index in [0.29, 0.717) is 28.6 Å². The molecule has 8 nitrogen and oxygen atoms in total. The number of rotatable bonds is 5. The molecule has 2 aromatic heterocycles. The van der Waals surface area contributed by atoms with E-state index in [9.17, 15) is 9.59 Å². The number of fused-ring (bicyclic) bond motifs is 1. The van der Waals surface area contributed by atoms with Gasteiger partial charge in [0, 0.05) is 24.5 Å². The van der Waals surface area contributed by atoms with Gasteiger partial charge >= 0.3 is 0 Å². The first-order chi connectivity index (χ1) is 12.0. The van der Waals surface area contributed by atoms with Crippen molar-refractivity contribution in [3.8, 4) is 0 Å². The van der Waals surface area contributed by atoms with E-state index < -0.39 is 0 Å². The summed E-state index contributed by atoms with van der Waals surface area (Å²) in [6.07, 6.45) is 1.92. The number of H-pyrrole nitrogens is 1. The molecule has 0 aliphatic carbocycles. The summed E-state index contributed by atoms with van der Waals surface area (Å²) in [5.74, 6) is 0.481. The van der Waals surface area contributed by atoms with Gasteiger partial charge in [0.25, 0.3) is 5.56 Å². The van der Waals surface area contributed by atoms with Crippen LogP contribution >= 0.6 is 28.1 Å². The first-order valence-corrected chi connectivity index (χ1v) is 8.67. The van der Waals surface area contributed by atoms with E-state index in [1.54, 1.807) is 23.7 Å². The molecule has 0 spiro atoms. The molecule has 0 fully saturated rings. The summed E-state index contributed by atoms with van der Waals surface area (Å²) < 4.78 is 4.35. The van der Waals surface area contributed by atoms with E-state index in [0.717, 1.165) is 10.3 Å². The second kappa shape index (κ2) is 7.28. The highest BCUT2D eigenvalue weighted by atomic mass is 79.9. The van der Waals surface area contributed by atoms with E-state index in [1.807, 2.05) is 6.07 Å². The maximum Gasteiger partial charge on any atom is 0.261 e. The van der Waals surface area contributed by atoms with Crippen LogP contribution in [0.2, 0.25) is 0 Å². The van der Waals surface area contributed by atoms with Crippen molar-refractivity contribution < 1.29 is 4.79 Å². The lowest BCUT2D eigenvalue weighted by molar-refractivity contribution is -0.121. The lowest BCUT2D eigenvalue weighted by Gasteiger charge is -2.08. The molecule has 2 N–H and O–H groups in total. The summed E-state index contributed by atoms with van der Waals surface area (Å²) in [4.78, 5) is 28.7. The average molecular weight is 423 g/mol. The normalized spacial score (nSPS) is 11.0. The van der Waals surface area contributed by atoms with Crippen LogP contribution in [-0.4, -0.2) is 36.8 Å². The van der Waals surface area contributed by atoms with Crippen LogP contribution in [0.25, 0.3) is 10.9 Å². The molecule has 1 amide bonds. The van der Waals surface area contributed by atoms with Crippen LogP contribution in [-0.2, 0) is 24.8 Å². The van der Waals surface area contributed by atoms with Crippen LogP contribution in [0.15, 0.2) is 33.8 Å². The van der Waals surface area contributed by atoms with Crippen LogP contribution in [0.5, 0.6) is 0 Å². The largest absolute Gasteiger partial charge is 0.354 e. The fraction of sp³-hybridized carbons (Fsp3) is 0.267. The Kier molecular flexibility index (Phi) is 5.09. The Hall–Kier alpha value is -2.33. The molecule has 25 heavy (non-hydrogen) atoms. The summed E-state index contributed by atoms with van der Waals surface area (Å²) >= 11 is 8.37. The quantitative estimate of drug-likeness (QED) is 0.604. The van der Waals surface area contributed by atoms with Gasteiger partial charge < -0.3 is 9.88 Å². The van der Waals surface area contributed by atoms with Crippen molar-refractivity contribution in [3.63, 3.8) is 0 Å². The van der Waals surface area contributed by atoms with Crippen molar-refractivity contribution in [1.29, 1.82) is 0 Å². The summed E-state index contributed by atoms with van der Waals surface area (Å²) in [6.45, 7) is 0.306. The standard InChI is InChI=1S/C15H15BrN6O2S/c1-21-12(19-20-15(21)25)4-5-17-13(23)7-22-8-18-11-3-2-9(16)6-10(11)14(22)24/h2-3,6,8H,4-5,7H2,1H3,(H,17,23)(H,20,25). The molecule has 0 radical (unpaired) electrons. The fourth-order valence-electron chi connectivity index (χ4n) is 2.37. The molecule has 2 heterocycles. The van der Waals surface area contributed by atoms with Crippen molar-refractivity contribution in [3.05, 3.63) is 49.9 Å². The minimum atomic E-state index is -0.268. The van der Waals surface area contributed by atoms with Crippen molar-refractivity contribution in [1.82, 2.24) is 29.6 Å². The Morgan fingerprint density at radius 1 is 1.44 bits per heavy atom. The van der Waals surface area contributed by atoms with Crippen LogP contribution in [0.4, 0.5) is 0 Å². The molecular weight excluding hydrogens is 408 g/mol. The molecule has 0 saturated heterocycles. The number of nitrogens with zero attached hydrogens (tertiary/aromatic N) is 4. The highest BCUT2D eigenvalue weighted by molar-refractivity contribution is 9.10. The molecule has 0 aliphatic heterocycles. The van der Waals surface area contributed by atoms with Crippen LogP contribution < -0.4 is 10.9 Å². The number of amides is 1. The number of carbonyl (C=O) groups excluding carboxylic acids is 1. The van der Waals surface area contributed by atoms with Crippen LogP contribution in [0.1, 0.15) is 5.82 Å². The molecule has 1 aromatic carbocycles. The monoisotopic (exact) mass is 422 g/mol. The number of aromatic amines is 1. The van der Waals surface area contributed by atoms with Gasteiger partial charge in [0.15, 0.2) is 4.77 Å². The zero-order chi connectivity index (χ0) is 18.0. The van der Waals surface area contributed by atoms with E-state index in [2.05, 4.69) is 36.4 Å². The molecule has 3 aromatic rings. The Balaban J connectivity index is 1.66. The predicted molar refractivity (Wildman–Crippen MR) is 98.8 cm³/mol. The third-order valence-electron chi connectivity index (χ3n) is 3.74. The van der Waals surface area contributed by atoms with Gasteiger partial charge in [-0.1, -0.05) is 15.9 Å². The van der Waals surface area contributed by atoms with Gasteiger partial charge in [0.2, 0.25) is 5.91 Å². The second-order valence-electron chi connectivity index (χ2n) is 5.44. The first-order valence-electron chi connectivity index (χ1n) is 7.47. The van der Waals surface area contributed by atoms with Gasteiger partial charge in [0.1, 0.15) is 12.4 Å². The van der Waals surface area contributed by atoms with Crippen molar-refractivity contribution in [2.45, 2.75) is 13.0 Å². The van der Waals surface area contributed by atoms with Gasteiger partial charge in [0.05, 0.1) is 17.2 Å². The van der Waals surface area contributed by atoms with Gasteiger partial charge in [-0.25, -0.2) is 4.98 Å². The number of hydrogen-bond donors (Lipinski definition) is 2. The van der Waals surface area contributed by atoms with Crippen molar-refractivity contribution in [2.24, 2.45) is 7.05 Å². The first kappa shape index (κ1) is 17.5. The van der Waals surface area contributed by atoms with Crippen molar-refractivity contribution in [2.75, 3.05) is 6.54 Å². The van der Waals surface area contributed by atoms with E-state index in [1.165, 1.54) is 10.9 Å². The maximum atomic E-state index is 12.5. The third-order valence-corrected chi connectivity index (χ3v) is 4.60. The van der Waals surface area contributed by atoms with E-state index in [4.69, 9.17) is 12.2 Å². The van der Waals surface area contributed by atoms with E-state index in [-0.39, 0.29) is 18.0 Å². The lowest BCUT2D eigenvalue weighted by Crippen LogP contribution is -2.33. The van der Waals surface area contributed by atoms with Gasteiger partial charge in [-0.15, -0.1) is 0 Å². The molecule has 0 unspecified atom stereocenters. The average Bonchev–Trinajstić information content (AvgIpc) is 2.90.